The van der Waals surface area contributed by atoms with Crippen molar-refractivity contribution in [2.45, 2.75) is 13.8 Å². The van der Waals surface area contributed by atoms with Gasteiger partial charge in [0, 0.05) is 10.0 Å². The van der Waals surface area contributed by atoms with Gasteiger partial charge in [-0.2, -0.15) is 5.10 Å². The van der Waals surface area contributed by atoms with Crippen molar-refractivity contribution in [1.29, 1.82) is 0 Å². The lowest BCUT2D eigenvalue weighted by Gasteiger charge is -2.11. The molecule has 164 valence electrons. The Morgan fingerprint density at radius 3 is 2.44 bits per heavy atom. The third-order valence-corrected chi connectivity index (χ3v) is 5.28. The number of rotatable bonds is 7. The van der Waals surface area contributed by atoms with E-state index in [1.807, 2.05) is 38.1 Å². The van der Waals surface area contributed by atoms with Crippen molar-refractivity contribution in [3.05, 3.63) is 91.9 Å². The molecule has 32 heavy (non-hydrogen) atoms. The predicted octanol–water partition coefficient (Wildman–Crippen LogP) is 5.58. The molecule has 0 aromatic heterocycles. The summed E-state index contributed by atoms with van der Waals surface area (Å²) in [4.78, 5) is 24.6. The summed E-state index contributed by atoms with van der Waals surface area (Å²) < 4.78 is 12.4. The zero-order valence-corrected chi connectivity index (χ0v) is 20.6. The van der Waals surface area contributed by atoms with Crippen LogP contribution in [0.3, 0.4) is 0 Å². The Balaban J connectivity index is 1.68. The van der Waals surface area contributed by atoms with Crippen LogP contribution in [0, 0.1) is 13.8 Å². The number of nitrogens with one attached hydrogen (secondary N) is 1. The maximum absolute atomic E-state index is 12.6. The van der Waals surface area contributed by atoms with Gasteiger partial charge < -0.3 is 9.47 Å². The normalized spacial score (nSPS) is 10.8. The quantitative estimate of drug-likeness (QED) is 0.177. The number of amides is 1. The van der Waals surface area contributed by atoms with E-state index >= 15 is 0 Å². The molecule has 0 saturated carbocycles. The summed E-state index contributed by atoms with van der Waals surface area (Å²) in [5.41, 5.74) is 5.32. The average molecular weight is 560 g/mol. The van der Waals surface area contributed by atoms with E-state index in [1.165, 1.54) is 6.21 Å². The molecule has 0 spiro atoms. The SMILES string of the molecule is Cc1cccc(OCC(=O)NN=Cc2cc(Br)cc(Br)c2OC(=O)c2cccc(C)c2)c1. The zero-order chi connectivity index (χ0) is 23.1. The Hall–Kier alpha value is -2.97. The molecule has 3 rings (SSSR count). The lowest BCUT2D eigenvalue weighted by molar-refractivity contribution is -0.123. The Labute approximate surface area is 202 Å². The van der Waals surface area contributed by atoms with Gasteiger partial charge in [-0.15, -0.1) is 0 Å². The number of hydrogen-bond donors (Lipinski definition) is 1. The zero-order valence-electron chi connectivity index (χ0n) is 17.4. The van der Waals surface area contributed by atoms with Crippen LogP contribution < -0.4 is 14.9 Å². The number of hydrogen-bond acceptors (Lipinski definition) is 5. The molecule has 0 unspecified atom stereocenters. The molecule has 0 heterocycles. The first-order valence-corrected chi connectivity index (χ1v) is 11.2. The van der Waals surface area contributed by atoms with Crippen LogP contribution >= 0.6 is 31.9 Å². The maximum Gasteiger partial charge on any atom is 0.343 e. The Kier molecular flexibility index (Phi) is 8.19. The molecular formula is C24H20Br2N2O4. The first kappa shape index (κ1) is 23.7. The lowest BCUT2D eigenvalue weighted by atomic mass is 10.1. The number of aryl methyl sites for hydroxylation is 2. The molecular weight excluding hydrogens is 540 g/mol. The summed E-state index contributed by atoms with van der Waals surface area (Å²) in [6.45, 7) is 3.66. The largest absolute Gasteiger partial charge is 0.484 e. The van der Waals surface area contributed by atoms with Gasteiger partial charge in [-0.3, -0.25) is 4.79 Å². The molecule has 3 aromatic carbocycles. The van der Waals surface area contributed by atoms with Gasteiger partial charge in [-0.1, -0.05) is 45.8 Å². The fourth-order valence-corrected chi connectivity index (χ4v) is 4.11. The number of esters is 1. The third kappa shape index (κ3) is 6.77. The van der Waals surface area contributed by atoms with Crippen LogP contribution in [-0.2, 0) is 4.79 Å². The predicted molar refractivity (Wildman–Crippen MR) is 130 cm³/mol. The Morgan fingerprint density at radius 2 is 1.72 bits per heavy atom. The molecule has 0 saturated heterocycles. The van der Waals surface area contributed by atoms with Crippen LogP contribution in [0.1, 0.15) is 27.0 Å². The summed E-state index contributed by atoms with van der Waals surface area (Å²) in [7, 11) is 0. The molecule has 0 aliphatic heterocycles. The van der Waals surface area contributed by atoms with E-state index in [0.717, 1.165) is 15.6 Å². The lowest BCUT2D eigenvalue weighted by Crippen LogP contribution is -2.24. The first-order valence-electron chi connectivity index (χ1n) is 9.61. The molecule has 3 aromatic rings. The number of halogens is 2. The summed E-state index contributed by atoms with van der Waals surface area (Å²) in [6, 6.07) is 18.0. The fraction of sp³-hybridized carbons (Fsp3) is 0.125. The smallest absolute Gasteiger partial charge is 0.343 e. The minimum absolute atomic E-state index is 0.182. The van der Waals surface area contributed by atoms with Crippen LogP contribution in [0.5, 0.6) is 11.5 Å². The van der Waals surface area contributed by atoms with Crippen molar-refractivity contribution in [3.8, 4) is 11.5 Å². The van der Waals surface area contributed by atoms with Crippen molar-refractivity contribution < 1.29 is 19.1 Å². The second-order valence-electron chi connectivity index (χ2n) is 6.96. The standard InChI is InChI=1S/C24H20Br2N2O4/c1-15-5-3-7-17(9-15)24(30)32-23-18(11-19(25)12-21(23)26)13-27-28-22(29)14-31-20-8-4-6-16(2)10-20/h3-13H,14H2,1-2H3,(H,28,29). The van der Waals surface area contributed by atoms with Gasteiger partial charge in [0.25, 0.3) is 5.91 Å². The van der Waals surface area contributed by atoms with Crippen LogP contribution in [0.25, 0.3) is 0 Å². The van der Waals surface area contributed by atoms with E-state index < -0.39 is 11.9 Å². The molecule has 0 fully saturated rings. The van der Waals surface area contributed by atoms with Gasteiger partial charge in [0.15, 0.2) is 12.4 Å². The average Bonchev–Trinajstić information content (AvgIpc) is 2.74. The number of carbonyl (C=O) groups is 2. The minimum atomic E-state index is -0.498. The number of ether oxygens (including phenoxy) is 2. The van der Waals surface area contributed by atoms with Gasteiger partial charge >= 0.3 is 5.97 Å². The summed E-state index contributed by atoms with van der Waals surface area (Å²) in [5.74, 6) is -0.0313. The van der Waals surface area contributed by atoms with Crippen molar-refractivity contribution in [2.24, 2.45) is 5.10 Å². The second-order valence-corrected chi connectivity index (χ2v) is 8.73. The second kappa shape index (κ2) is 11.1. The van der Waals surface area contributed by atoms with Gasteiger partial charge in [-0.25, -0.2) is 10.2 Å². The summed E-state index contributed by atoms with van der Waals surface area (Å²) in [6.07, 6.45) is 1.40. The Bertz CT molecular complexity index is 1180. The minimum Gasteiger partial charge on any atom is -0.484 e. The molecule has 6 nitrogen and oxygen atoms in total. The molecule has 1 N–H and O–H groups in total. The van der Waals surface area contributed by atoms with Crippen molar-refractivity contribution in [1.82, 2.24) is 5.43 Å². The number of hydrazone groups is 1. The third-order valence-electron chi connectivity index (χ3n) is 4.24. The van der Waals surface area contributed by atoms with Crippen LogP contribution in [0.4, 0.5) is 0 Å². The highest BCUT2D eigenvalue weighted by molar-refractivity contribution is 9.11. The van der Waals surface area contributed by atoms with Crippen LogP contribution in [0.15, 0.2) is 74.7 Å². The van der Waals surface area contributed by atoms with E-state index in [0.29, 0.717) is 21.3 Å². The highest BCUT2D eigenvalue weighted by Gasteiger charge is 2.15. The van der Waals surface area contributed by atoms with E-state index in [1.54, 1.807) is 36.4 Å². The van der Waals surface area contributed by atoms with Crippen molar-refractivity contribution >= 4 is 50.0 Å². The van der Waals surface area contributed by atoms with Crippen LogP contribution in [0.2, 0.25) is 0 Å². The fourth-order valence-electron chi connectivity index (χ4n) is 2.77. The number of nitrogens with zero attached hydrogens (tertiary/aromatic N) is 1. The number of benzene rings is 3. The molecule has 0 atom stereocenters. The van der Waals surface area contributed by atoms with Gasteiger partial charge in [0.2, 0.25) is 0 Å². The molecule has 1 amide bonds. The van der Waals surface area contributed by atoms with Gasteiger partial charge in [0.1, 0.15) is 5.75 Å². The Morgan fingerprint density at radius 1 is 1.00 bits per heavy atom. The van der Waals surface area contributed by atoms with E-state index in [-0.39, 0.29) is 12.4 Å². The summed E-state index contributed by atoms with van der Waals surface area (Å²) in [5, 5.41) is 3.97. The van der Waals surface area contributed by atoms with Crippen molar-refractivity contribution in [2.75, 3.05) is 6.61 Å². The highest BCUT2D eigenvalue weighted by Crippen LogP contribution is 2.32. The van der Waals surface area contributed by atoms with Gasteiger partial charge in [0.05, 0.1) is 16.3 Å². The van der Waals surface area contributed by atoms with Crippen molar-refractivity contribution in [3.63, 3.8) is 0 Å². The molecule has 8 heteroatoms. The maximum atomic E-state index is 12.6. The molecule has 0 bridgehead atoms. The van der Waals surface area contributed by atoms with E-state index in [4.69, 9.17) is 9.47 Å². The molecule has 0 aliphatic rings. The number of carbonyl (C=O) groups excluding carboxylic acids is 2. The first-order chi connectivity index (χ1) is 15.3. The van der Waals surface area contributed by atoms with E-state index in [2.05, 4.69) is 42.4 Å². The topological polar surface area (TPSA) is 77.0 Å². The molecule has 0 aliphatic carbocycles. The highest BCUT2D eigenvalue weighted by atomic mass is 79.9. The monoisotopic (exact) mass is 558 g/mol. The van der Waals surface area contributed by atoms with Gasteiger partial charge in [-0.05, 0) is 71.7 Å². The van der Waals surface area contributed by atoms with Crippen LogP contribution in [-0.4, -0.2) is 24.7 Å². The molecule has 0 radical (unpaired) electrons. The van der Waals surface area contributed by atoms with E-state index in [9.17, 15) is 9.59 Å². The summed E-state index contributed by atoms with van der Waals surface area (Å²) >= 11 is 6.82.